The zero-order valence-electron chi connectivity index (χ0n) is 13.5. The van der Waals surface area contributed by atoms with Crippen LogP contribution in [0.2, 0.25) is 0 Å². The van der Waals surface area contributed by atoms with E-state index in [0.717, 1.165) is 49.4 Å². The first-order chi connectivity index (χ1) is 11.2. The fourth-order valence-corrected chi connectivity index (χ4v) is 2.84. The van der Waals surface area contributed by atoms with E-state index in [9.17, 15) is 4.79 Å². The van der Waals surface area contributed by atoms with Gasteiger partial charge in [0.15, 0.2) is 5.82 Å². The lowest BCUT2D eigenvalue weighted by Gasteiger charge is -2.05. The van der Waals surface area contributed by atoms with Crippen molar-refractivity contribution in [1.29, 1.82) is 0 Å². The van der Waals surface area contributed by atoms with Crippen LogP contribution in [0.4, 0.5) is 0 Å². The van der Waals surface area contributed by atoms with Gasteiger partial charge in [-0.2, -0.15) is 0 Å². The summed E-state index contributed by atoms with van der Waals surface area (Å²) >= 11 is 0. The molecule has 1 aromatic heterocycles. The smallest absolute Gasteiger partial charge is 0.244 e. The number of benzene rings is 1. The fourth-order valence-electron chi connectivity index (χ4n) is 2.84. The van der Waals surface area contributed by atoms with E-state index in [0.29, 0.717) is 6.54 Å². The number of carbonyl (C=O) groups is 1. The Morgan fingerprint density at radius 2 is 2.13 bits per heavy atom. The van der Waals surface area contributed by atoms with Crippen molar-refractivity contribution in [3.8, 4) is 0 Å². The van der Waals surface area contributed by atoms with E-state index >= 15 is 0 Å². The van der Waals surface area contributed by atoms with Crippen LogP contribution in [-0.2, 0) is 30.7 Å². The van der Waals surface area contributed by atoms with Crippen LogP contribution in [0.1, 0.15) is 37.0 Å². The molecule has 0 fully saturated rings. The van der Waals surface area contributed by atoms with Crippen molar-refractivity contribution < 1.29 is 4.79 Å². The van der Waals surface area contributed by atoms with Crippen molar-refractivity contribution in [1.82, 2.24) is 20.1 Å². The maximum Gasteiger partial charge on any atom is 0.244 e. The van der Waals surface area contributed by atoms with Gasteiger partial charge in [-0.25, -0.2) is 0 Å². The highest BCUT2D eigenvalue weighted by atomic mass is 16.1. The Morgan fingerprint density at radius 3 is 2.96 bits per heavy atom. The molecule has 3 rings (SSSR count). The Hall–Kier alpha value is -2.43. The summed E-state index contributed by atoms with van der Waals surface area (Å²) in [6.45, 7) is 3.39. The lowest BCUT2D eigenvalue weighted by molar-refractivity contribution is -0.116. The van der Waals surface area contributed by atoms with Crippen LogP contribution in [0.3, 0.4) is 0 Å². The summed E-state index contributed by atoms with van der Waals surface area (Å²) < 4.78 is 2.10. The number of carbonyl (C=O) groups excluding carboxylic acids is 1. The van der Waals surface area contributed by atoms with E-state index in [1.165, 1.54) is 5.56 Å². The molecular weight excluding hydrogens is 288 g/mol. The maximum atomic E-state index is 12.0. The summed E-state index contributed by atoms with van der Waals surface area (Å²) in [5, 5.41) is 11.2. The van der Waals surface area contributed by atoms with Crippen molar-refractivity contribution in [3.63, 3.8) is 0 Å². The number of aryl methyl sites for hydroxylation is 2. The summed E-state index contributed by atoms with van der Waals surface area (Å²) in [6.07, 6.45) is 5.62. The van der Waals surface area contributed by atoms with Gasteiger partial charge < -0.3 is 9.88 Å². The quantitative estimate of drug-likeness (QED) is 0.834. The largest absolute Gasteiger partial charge is 0.345 e. The van der Waals surface area contributed by atoms with Crippen molar-refractivity contribution in [3.05, 3.63) is 59.2 Å². The number of allylic oxidation sites excluding steroid dienone is 1. The molecular formula is C18H22N4O. The zero-order chi connectivity index (χ0) is 16.1. The highest BCUT2D eigenvalue weighted by molar-refractivity contribution is 5.88. The molecule has 0 unspecified atom stereocenters. The maximum absolute atomic E-state index is 12.0. The van der Waals surface area contributed by atoms with Gasteiger partial charge in [0.2, 0.25) is 5.91 Å². The number of fused-ring (bicyclic) bond motifs is 1. The monoisotopic (exact) mass is 310 g/mol. The van der Waals surface area contributed by atoms with Gasteiger partial charge in [-0.15, -0.1) is 10.2 Å². The third-order valence-corrected chi connectivity index (χ3v) is 4.14. The molecule has 5 heteroatoms. The summed E-state index contributed by atoms with van der Waals surface area (Å²) in [5.74, 6) is 1.82. The molecule has 0 radical (unpaired) electrons. The summed E-state index contributed by atoms with van der Waals surface area (Å²) in [4.78, 5) is 12.0. The van der Waals surface area contributed by atoms with Crippen LogP contribution >= 0.6 is 0 Å². The molecule has 0 aliphatic carbocycles. The molecule has 2 aromatic rings. The second-order valence-corrected chi connectivity index (χ2v) is 5.98. The second-order valence-electron chi connectivity index (χ2n) is 5.98. The van der Waals surface area contributed by atoms with Gasteiger partial charge in [0.25, 0.3) is 0 Å². The van der Waals surface area contributed by atoms with Crippen LogP contribution < -0.4 is 5.32 Å². The van der Waals surface area contributed by atoms with Crippen molar-refractivity contribution in [2.45, 2.75) is 45.7 Å². The average Bonchev–Trinajstić information content (AvgIpc) is 3.16. The van der Waals surface area contributed by atoms with Gasteiger partial charge >= 0.3 is 0 Å². The first kappa shape index (κ1) is 15.5. The van der Waals surface area contributed by atoms with Crippen LogP contribution in [0.5, 0.6) is 0 Å². The lowest BCUT2D eigenvalue weighted by Crippen LogP contribution is -2.23. The normalized spacial score (nSPS) is 13.9. The van der Waals surface area contributed by atoms with Gasteiger partial charge in [0.05, 0.1) is 6.54 Å². The van der Waals surface area contributed by atoms with Crippen molar-refractivity contribution in [2.75, 3.05) is 0 Å². The standard InChI is InChI=1S/C18H22N4O/c1-14(9-10-15-6-3-2-4-7-15)12-18(23)19-13-17-21-20-16-8-5-11-22(16)17/h2-4,6-7,12H,5,8-11,13H2,1H3,(H,19,23)/b14-12+. The highest BCUT2D eigenvalue weighted by Crippen LogP contribution is 2.13. The minimum atomic E-state index is -0.0640. The molecule has 0 bridgehead atoms. The second kappa shape index (κ2) is 7.22. The molecule has 0 spiro atoms. The third kappa shape index (κ3) is 4.06. The SMILES string of the molecule is C/C(=C\C(=O)NCc1nnc2n1CCC2)CCc1ccccc1. The molecule has 0 saturated carbocycles. The van der Waals surface area contributed by atoms with Crippen LogP contribution in [0.25, 0.3) is 0 Å². The predicted octanol–water partition coefficient (Wildman–Crippen LogP) is 2.42. The predicted molar refractivity (Wildman–Crippen MR) is 88.7 cm³/mol. The first-order valence-electron chi connectivity index (χ1n) is 8.12. The molecule has 23 heavy (non-hydrogen) atoms. The summed E-state index contributed by atoms with van der Waals surface area (Å²) in [7, 11) is 0. The van der Waals surface area contributed by atoms with Crippen LogP contribution in [0.15, 0.2) is 42.0 Å². The summed E-state index contributed by atoms with van der Waals surface area (Å²) in [6, 6.07) is 10.3. The molecule has 1 aromatic carbocycles. The molecule has 1 aliphatic heterocycles. The molecule has 5 nitrogen and oxygen atoms in total. The van der Waals surface area contributed by atoms with E-state index in [1.807, 2.05) is 25.1 Å². The lowest BCUT2D eigenvalue weighted by atomic mass is 10.1. The number of nitrogens with one attached hydrogen (secondary N) is 1. The Labute approximate surface area is 136 Å². The number of hydrogen-bond donors (Lipinski definition) is 1. The fraction of sp³-hybridized carbons (Fsp3) is 0.389. The average molecular weight is 310 g/mol. The van der Waals surface area contributed by atoms with Gasteiger partial charge in [-0.1, -0.05) is 35.9 Å². The van der Waals surface area contributed by atoms with E-state index in [2.05, 4.69) is 32.2 Å². The molecule has 2 heterocycles. The van der Waals surface area contributed by atoms with Gasteiger partial charge in [0, 0.05) is 19.0 Å². The van der Waals surface area contributed by atoms with E-state index < -0.39 is 0 Å². The van der Waals surface area contributed by atoms with Crippen molar-refractivity contribution >= 4 is 5.91 Å². The van der Waals surface area contributed by atoms with E-state index in [1.54, 1.807) is 6.08 Å². The summed E-state index contributed by atoms with van der Waals surface area (Å²) in [5.41, 5.74) is 2.37. The van der Waals surface area contributed by atoms with Crippen molar-refractivity contribution in [2.24, 2.45) is 0 Å². The zero-order valence-corrected chi connectivity index (χ0v) is 13.5. The molecule has 1 amide bonds. The molecule has 1 N–H and O–H groups in total. The number of aromatic nitrogens is 3. The van der Waals surface area contributed by atoms with Gasteiger partial charge in [-0.05, 0) is 31.7 Å². The molecule has 0 saturated heterocycles. The van der Waals surface area contributed by atoms with Crippen LogP contribution in [-0.4, -0.2) is 20.7 Å². The number of amides is 1. The molecule has 120 valence electrons. The molecule has 0 atom stereocenters. The minimum Gasteiger partial charge on any atom is -0.345 e. The van der Waals surface area contributed by atoms with Gasteiger partial charge in [-0.3, -0.25) is 4.79 Å². The number of hydrogen-bond acceptors (Lipinski definition) is 3. The third-order valence-electron chi connectivity index (χ3n) is 4.14. The minimum absolute atomic E-state index is 0.0640. The first-order valence-corrected chi connectivity index (χ1v) is 8.12. The number of nitrogens with zero attached hydrogens (tertiary/aromatic N) is 3. The van der Waals surface area contributed by atoms with E-state index in [4.69, 9.17) is 0 Å². The van der Waals surface area contributed by atoms with E-state index in [-0.39, 0.29) is 5.91 Å². The van der Waals surface area contributed by atoms with Gasteiger partial charge in [0.1, 0.15) is 5.82 Å². The van der Waals surface area contributed by atoms with Crippen LogP contribution in [0, 0.1) is 0 Å². The Balaban J connectivity index is 1.48. The number of rotatable bonds is 6. The highest BCUT2D eigenvalue weighted by Gasteiger charge is 2.17. The Morgan fingerprint density at radius 1 is 1.30 bits per heavy atom. The Bertz CT molecular complexity index is 703. The topological polar surface area (TPSA) is 59.8 Å². The Kier molecular flexibility index (Phi) is 4.86. The molecule has 1 aliphatic rings.